The molecule has 0 aliphatic carbocycles. The van der Waals surface area contributed by atoms with Gasteiger partial charge in [-0.2, -0.15) is 0 Å². The van der Waals surface area contributed by atoms with Crippen LogP contribution in [0.2, 0.25) is 5.02 Å². The maximum absolute atomic E-state index is 12.3. The van der Waals surface area contributed by atoms with Crippen molar-refractivity contribution < 1.29 is 14.3 Å². The number of benzene rings is 1. The Morgan fingerprint density at radius 3 is 2.42 bits per heavy atom. The van der Waals surface area contributed by atoms with Gasteiger partial charge < -0.3 is 21.1 Å². The first-order valence-corrected chi connectivity index (χ1v) is 8.06. The highest BCUT2D eigenvalue weighted by Gasteiger charge is 2.38. The van der Waals surface area contributed by atoms with Crippen molar-refractivity contribution in [3.05, 3.63) is 34.9 Å². The highest BCUT2D eigenvalue weighted by Crippen LogP contribution is 2.29. The van der Waals surface area contributed by atoms with Crippen molar-refractivity contribution in [2.45, 2.75) is 12.8 Å². The minimum atomic E-state index is -0.551. The fourth-order valence-corrected chi connectivity index (χ4v) is 2.79. The summed E-state index contributed by atoms with van der Waals surface area (Å²) in [5.74, 6) is -0.334. The number of nitrogens with one attached hydrogen (secondary N) is 2. The minimum Gasteiger partial charge on any atom is -0.381 e. The zero-order chi connectivity index (χ0) is 16.7. The van der Waals surface area contributed by atoms with E-state index in [1.165, 1.54) is 0 Å². The van der Waals surface area contributed by atoms with Gasteiger partial charge in [0.05, 0.1) is 16.0 Å². The third-order valence-electron chi connectivity index (χ3n) is 4.14. The van der Waals surface area contributed by atoms with Crippen molar-refractivity contribution >= 4 is 35.8 Å². The number of nitrogens with two attached hydrogens (primary N) is 1. The van der Waals surface area contributed by atoms with Crippen molar-refractivity contribution in [3.8, 4) is 0 Å². The Hall–Kier alpha value is -1.34. The van der Waals surface area contributed by atoms with Gasteiger partial charge in [-0.25, -0.2) is 0 Å². The molecule has 0 bridgehead atoms. The van der Waals surface area contributed by atoms with E-state index in [0.29, 0.717) is 56.3 Å². The summed E-state index contributed by atoms with van der Waals surface area (Å²) >= 11 is 5.96. The molecule has 2 amide bonds. The van der Waals surface area contributed by atoms with Crippen molar-refractivity contribution in [2.24, 2.45) is 11.1 Å². The lowest BCUT2D eigenvalue weighted by Gasteiger charge is -2.34. The van der Waals surface area contributed by atoms with Gasteiger partial charge in [0.25, 0.3) is 5.91 Å². The quantitative estimate of drug-likeness (QED) is 0.654. The number of carbonyl (C=O) groups is 2. The zero-order valence-corrected chi connectivity index (χ0v) is 14.9. The van der Waals surface area contributed by atoms with Gasteiger partial charge in [-0.1, -0.05) is 23.7 Å². The molecular formula is C16H23Cl2N3O3. The van der Waals surface area contributed by atoms with Crippen LogP contribution in [-0.2, 0) is 9.53 Å². The van der Waals surface area contributed by atoms with Crippen LogP contribution in [-0.4, -0.2) is 44.7 Å². The normalized spacial score (nSPS) is 15.9. The largest absolute Gasteiger partial charge is 0.381 e. The Labute approximate surface area is 152 Å². The molecule has 134 valence electrons. The summed E-state index contributed by atoms with van der Waals surface area (Å²) in [6, 6.07) is 6.83. The summed E-state index contributed by atoms with van der Waals surface area (Å²) in [4.78, 5) is 24.3. The predicted octanol–water partition coefficient (Wildman–Crippen LogP) is 1.36. The van der Waals surface area contributed by atoms with Crippen molar-refractivity contribution in [2.75, 3.05) is 32.8 Å². The molecule has 1 heterocycles. The predicted molar refractivity (Wildman–Crippen MR) is 95.6 cm³/mol. The van der Waals surface area contributed by atoms with E-state index in [1.807, 2.05) is 0 Å². The van der Waals surface area contributed by atoms with Crippen LogP contribution < -0.4 is 16.4 Å². The Kier molecular flexibility index (Phi) is 8.48. The molecule has 0 atom stereocenters. The number of rotatable bonds is 6. The Morgan fingerprint density at radius 2 is 1.79 bits per heavy atom. The first-order valence-electron chi connectivity index (χ1n) is 7.68. The Morgan fingerprint density at radius 1 is 1.17 bits per heavy atom. The molecule has 2 rings (SSSR count). The lowest BCUT2D eigenvalue weighted by molar-refractivity contribution is -0.135. The molecule has 0 aromatic heterocycles. The fourth-order valence-electron chi connectivity index (χ4n) is 2.57. The van der Waals surface area contributed by atoms with Crippen LogP contribution in [0.3, 0.4) is 0 Å². The van der Waals surface area contributed by atoms with E-state index in [0.717, 1.165) is 0 Å². The molecular weight excluding hydrogens is 353 g/mol. The molecule has 6 nitrogen and oxygen atoms in total. The monoisotopic (exact) mass is 375 g/mol. The molecule has 1 saturated heterocycles. The highest BCUT2D eigenvalue weighted by atomic mass is 35.5. The lowest BCUT2D eigenvalue weighted by atomic mass is 9.79. The molecule has 0 radical (unpaired) electrons. The number of hydrogen-bond acceptors (Lipinski definition) is 4. The van der Waals surface area contributed by atoms with E-state index < -0.39 is 5.41 Å². The van der Waals surface area contributed by atoms with Crippen LogP contribution in [0.4, 0.5) is 0 Å². The third-order valence-corrected chi connectivity index (χ3v) is 4.47. The van der Waals surface area contributed by atoms with Crippen LogP contribution in [0.25, 0.3) is 0 Å². The fraction of sp³-hybridized carbons (Fsp3) is 0.500. The molecule has 1 aliphatic heterocycles. The van der Waals surface area contributed by atoms with E-state index in [1.54, 1.807) is 24.3 Å². The number of halogens is 2. The topological polar surface area (TPSA) is 93.5 Å². The van der Waals surface area contributed by atoms with Gasteiger partial charge in [-0.15, -0.1) is 12.4 Å². The van der Waals surface area contributed by atoms with Crippen LogP contribution in [0, 0.1) is 5.41 Å². The molecule has 1 aromatic rings. The van der Waals surface area contributed by atoms with Gasteiger partial charge >= 0.3 is 0 Å². The van der Waals surface area contributed by atoms with E-state index >= 15 is 0 Å². The van der Waals surface area contributed by atoms with Gasteiger partial charge in [-0.3, -0.25) is 9.59 Å². The summed E-state index contributed by atoms with van der Waals surface area (Å²) in [5, 5.41) is 5.98. The van der Waals surface area contributed by atoms with Gasteiger partial charge in [0.1, 0.15) is 0 Å². The smallest absolute Gasteiger partial charge is 0.252 e. The summed E-state index contributed by atoms with van der Waals surface area (Å²) in [6.45, 7) is 2.07. The van der Waals surface area contributed by atoms with E-state index in [4.69, 9.17) is 22.1 Å². The molecule has 8 heteroatoms. The second-order valence-electron chi connectivity index (χ2n) is 5.59. The SMILES string of the molecule is Cl.NCC1(C(=O)NCCNC(=O)c2ccccc2Cl)CCOCC1. The molecule has 1 fully saturated rings. The second-order valence-corrected chi connectivity index (χ2v) is 6.00. The average molecular weight is 376 g/mol. The van der Waals surface area contributed by atoms with Crippen LogP contribution in [0.15, 0.2) is 24.3 Å². The minimum absolute atomic E-state index is 0. The number of amides is 2. The Bertz CT molecular complexity index is 563. The van der Waals surface area contributed by atoms with E-state index in [9.17, 15) is 9.59 Å². The number of hydrogen-bond donors (Lipinski definition) is 3. The van der Waals surface area contributed by atoms with E-state index in [-0.39, 0.29) is 24.2 Å². The van der Waals surface area contributed by atoms with Gasteiger partial charge in [0, 0.05) is 32.8 Å². The first-order chi connectivity index (χ1) is 11.1. The molecule has 1 aromatic carbocycles. The highest BCUT2D eigenvalue weighted by molar-refractivity contribution is 6.33. The van der Waals surface area contributed by atoms with Crippen molar-refractivity contribution in [3.63, 3.8) is 0 Å². The molecule has 24 heavy (non-hydrogen) atoms. The van der Waals surface area contributed by atoms with Gasteiger partial charge in [0.15, 0.2) is 0 Å². The van der Waals surface area contributed by atoms with Crippen LogP contribution in [0.1, 0.15) is 23.2 Å². The summed E-state index contributed by atoms with van der Waals surface area (Å²) in [5.41, 5.74) is 5.65. The van der Waals surface area contributed by atoms with Gasteiger partial charge in [0.2, 0.25) is 5.91 Å². The van der Waals surface area contributed by atoms with E-state index in [2.05, 4.69) is 10.6 Å². The zero-order valence-electron chi connectivity index (χ0n) is 13.3. The van der Waals surface area contributed by atoms with Crippen LogP contribution >= 0.6 is 24.0 Å². The van der Waals surface area contributed by atoms with Crippen molar-refractivity contribution in [1.29, 1.82) is 0 Å². The Balaban J connectivity index is 0.00000288. The molecule has 4 N–H and O–H groups in total. The number of carbonyl (C=O) groups excluding carboxylic acids is 2. The second kappa shape index (κ2) is 9.84. The molecule has 0 saturated carbocycles. The third kappa shape index (κ3) is 5.08. The standard InChI is InChI=1S/C16H22ClN3O3.ClH/c17-13-4-2-1-3-12(13)14(21)19-7-8-20-15(22)16(11-18)5-9-23-10-6-16;/h1-4H,5-11,18H2,(H,19,21)(H,20,22);1H. The first kappa shape index (κ1) is 20.7. The van der Waals surface area contributed by atoms with Crippen LogP contribution in [0.5, 0.6) is 0 Å². The summed E-state index contributed by atoms with van der Waals surface area (Å²) in [7, 11) is 0. The average Bonchev–Trinajstić information content (AvgIpc) is 2.59. The van der Waals surface area contributed by atoms with Gasteiger partial charge in [-0.05, 0) is 25.0 Å². The maximum atomic E-state index is 12.3. The summed E-state index contributed by atoms with van der Waals surface area (Å²) in [6.07, 6.45) is 1.25. The number of ether oxygens (including phenoxy) is 1. The molecule has 0 unspecified atom stereocenters. The van der Waals surface area contributed by atoms with Crippen molar-refractivity contribution in [1.82, 2.24) is 10.6 Å². The summed E-state index contributed by atoms with van der Waals surface area (Å²) < 4.78 is 5.29. The maximum Gasteiger partial charge on any atom is 0.252 e. The molecule has 0 spiro atoms. The molecule has 1 aliphatic rings. The lowest BCUT2D eigenvalue weighted by Crippen LogP contribution is -2.50.